The highest BCUT2D eigenvalue weighted by Crippen LogP contribution is 2.24. The van der Waals surface area contributed by atoms with E-state index in [9.17, 15) is 13.2 Å². The summed E-state index contributed by atoms with van der Waals surface area (Å²) < 4.78 is 27.7. The van der Waals surface area contributed by atoms with Gasteiger partial charge in [0.1, 0.15) is 0 Å². The molecule has 1 amide bonds. The second-order valence-corrected chi connectivity index (χ2v) is 9.44. The molecule has 2 aromatic rings. The number of amides is 1. The van der Waals surface area contributed by atoms with Crippen LogP contribution in [0.4, 0.5) is 0 Å². The first-order valence-electron chi connectivity index (χ1n) is 10.6. The fraction of sp³-hybridized carbons (Fsp3) is 0.435. The first-order valence-corrected chi connectivity index (χ1v) is 12.0. The maximum atomic E-state index is 13.0. The van der Waals surface area contributed by atoms with Crippen LogP contribution in [0.15, 0.2) is 53.4 Å². The molecule has 1 saturated carbocycles. The van der Waals surface area contributed by atoms with Crippen molar-refractivity contribution in [2.45, 2.75) is 50.6 Å². The molecule has 0 radical (unpaired) electrons. The van der Waals surface area contributed by atoms with Crippen LogP contribution >= 0.6 is 0 Å². The monoisotopic (exact) mass is 429 g/mol. The largest absolute Gasteiger partial charge is 0.350 e. The molecule has 0 aromatic heterocycles. The standard InChI is InChI=1S/C23H31N3O3S/c1-4-26(5-2)22(18-9-7-6-8-10-18)16-24-23(27)21-15-20(14-11-17(21)3)30(28,29)25-19-12-13-19/h6-11,14-15,19,22,25H,4-5,12-13,16H2,1-3H3,(H,24,27). The number of rotatable bonds is 10. The second kappa shape index (κ2) is 9.73. The van der Waals surface area contributed by atoms with Crippen LogP contribution in [0, 0.1) is 6.92 Å². The predicted molar refractivity (Wildman–Crippen MR) is 119 cm³/mol. The Balaban J connectivity index is 1.78. The van der Waals surface area contributed by atoms with Gasteiger partial charge in [0, 0.05) is 18.2 Å². The van der Waals surface area contributed by atoms with Crippen LogP contribution in [0.2, 0.25) is 0 Å². The highest BCUT2D eigenvalue weighted by molar-refractivity contribution is 7.89. The molecule has 0 spiro atoms. The average Bonchev–Trinajstić information content (AvgIpc) is 3.55. The highest BCUT2D eigenvalue weighted by atomic mass is 32.2. The minimum Gasteiger partial charge on any atom is -0.350 e. The van der Waals surface area contributed by atoms with E-state index in [2.05, 4.69) is 40.9 Å². The van der Waals surface area contributed by atoms with Gasteiger partial charge in [0.25, 0.3) is 5.91 Å². The molecule has 30 heavy (non-hydrogen) atoms. The van der Waals surface area contributed by atoms with Crippen molar-refractivity contribution in [1.29, 1.82) is 0 Å². The highest BCUT2D eigenvalue weighted by Gasteiger charge is 2.28. The molecule has 0 bridgehead atoms. The number of hydrogen-bond donors (Lipinski definition) is 2. The zero-order valence-corrected chi connectivity index (χ0v) is 18.7. The van der Waals surface area contributed by atoms with Gasteiger partial charge in [0.2, 0.25) is 10.0 Å². The second-order valence-electron chi connectivity index (χ2n) is 7.73. The third-order valence-corrected chi connectivity index (χ3v) is 7.07. The van der Waals surface area contributed by atoms with Gasteiger partial charge in [0.15, 0.2) is 0 Å². The molecular weight excluding hydrogens is 398 g/mol. The third-order valence-electron chi connectivity index (χ3n) is 5.56. The Morgan fingerprint density at radius 1 is 1.10 bits per heavy atom. The smallest absolute Gasteiger partial charge is 0.251 e. The van der Waals surface area contributed by atoms with Crippen LogP contribution in [0.5, 0.6) is 0 Å². The van der Waals surface area contributed by atoms with Gasteiger partial charge in [-0.25, -0.2) is 13.1 Å². The summed E-state index contributed by atoms with van der Waals surface area (Å²) in [5, 5.41) is 3.02. The van der Waals surface area contributed by atoms with E-state index in [4.69, 9.17) is 0 Å². The maximum Gasteiger partial charge on any atom is 0.251 e. The summed E-state index contributed by atoms with van der Waals surface area (Å²) in [6.45, 7) is 8.20. The van der Waals surface area contributed by atoms with E-state index >= 15 is 0 Å². The summed E-state index contributed by atoms with van der Waals surface area (Å²) in [6, 6.07) is 14.9. The molecule has 2 aromatic carbocycles. The van der Waals surface area contributed by atoms with Crippen LogP contribution in [0.3, 0.4) is 0 Å². The van der Waals surface area contributed by atoms with Gasteiger partial charge in [-0.15, -0.1) is 0 Å². The van der Waals surface area contributed by atoms with Gasteiger partial charge in [-0.3, -0.25) is 9.69 Å². The Kier molecular flexibility index (Phi) is 7.28. The third kappa shape index (κ3) is 5.47. The topological polar surface area (TPSA) is 78.5 Å². The Morgan fingerprint density at radius 3 is 2.37 bits per heavy atom. The first-order chi connectivity index (χ1) is 14.4. The summed E-state index contributed by atoms with van der Waals surface area (Å²) in [5.41, 5.74) is 2.28. The molecular formula is C23H31N3O3S. The normalized spacial score (nSPS) is 15.2. The van der Waals surface area contributed by atoms with Crippen molar-refractivity contribution < 1.29 is 13.2 Å². The zero-order valence-electron chi connectivity index (χ0n) is 17.9. The number of sulfonamides is 1. The van der Waals surface area contributed by atoms with E-state index in [1.165, 1.54) is 6.07 Å². The summed E-state index contributed by atoms with van der Waals surface area (Å²) in [5.74, 6) is -0.260. The minimum atomic E-state index is -3.60. The lowest BCUT2D eigenvalue weighted by Crippen LogP contribution is -2.38. The number of nitrogens with zero attached hydrogens (tertiary/aromatic N) is 1. The van der Waals surface area contributed by atoms with Gasteiger partial charge in [-0.05, 0) is 56.1 Å². The summed E-state index contributed by atoms with van der Waals surface area (Å²) in [6.07, 6.45) is 1.73. The van der Waals surface area contributed by atoms with E-state index in [1.807, 2.05) is 25.1 Å². The quantitative estimate of drug-likeness (QED) is 0.608. The molecule has 1 unspecified atom stereocenters. The van der Waals surface area contributed by atoms with Crippen molar-refractivity contribution in [2.75, 3.05) is 19.6 Å². The van der Waals surface area contributed by atoms with Crippen LogP contribution in [0.1, 0.15) is 54.2 Å². The van der Waals surface area contributed by atoms with Crippen molar-refractivity contribution in [1.82, 2.24) is 14.9 Å². The maximum absolute atomic E-state index is 13.0. The lowest BCUT2D eigenvalue weighted by Gasteiger charge is -2.30. The lowest BCUT2D eigenvalue weighted by atomic mass is 10.0. The van der Waals surface area contributed by atoms with Gasteiger partial charge in [-0.1, -0.05) is 50.2 Å². The Morgan fingerprint density at radius 2 is 1.77 bits per heavy atom. The molecule has 7 heteroatoms. The van der Waals surface area contributed by atoms with E-state index in [0.717, 1.165) is 37.1 Å². The minimum absolute atomic E-state index is 0.0225. The number of benzene rings is 2. The number of likely N-dealkylation sites (N-methyl/N-ethyl adjacent to an activating group) is 1. The Labute approximate surface area is 179 Å². The van der Waals surface area contributed by atoms with Crippen LogP contribution in [0.25, 0.3) is 0 Å². The number of hydrogen-bond acceptors (Lipinski definition) is 4. The molecule has 1 aliphatic carbocycles. The predicted octanol–water partition coefficient (Wildman–Crippen LogP) is 3.25. The summed E-state index contributed by atoms with van der Waals surface area (Å²) in [4.78, 5) is 15.4. The summed E-state index contributed by atoms with van der Waals surface area (Å²) >= 11 is 0. The van der Waals surface area contributed by atoms with E-state index in [-0.39, 0.29) is 22.9 Å². The van der Waals surface area contributed by atoms with Crippen molar-refractivity contribution in [2.24, 2.45) is 0 Å². The molecule has 3 rings (SSSR count). The fourth-order valence-electron chi connectivity index (χ4n) is 3.58. The molecule has 2 N–H and O–H groups in total. The first kappa shape index (κ1) is 22.5. The van der Waals surface area contributed by atoms with Gasteiger partial charge < -0.3 is 5.32 Å². The van der Waals surface area contributed by atoms with Gasteiger partial charge in [-0.2, -0.15) is 0 Å². The molecule has 0 aliphatic heterocycles. The number of nitrogens with one attached hydrogen (secondary N) is 2. The number of aryl methyl sites for hydroxylation is 1. The van der Waals surface area contributed by atoms with Crippen molar-refractivity contribution in [3.05, 3.63) is 65.2 Å². The van der Waals surface area contributed by atoms with E-state index < -0.39 is 10.0 Å². The van der Waals surface area contributed by atoms with E-state index in [1.54, 1.807) is 12.1 Å². The van der Waals surface area contributed by atoms with Crippen molar-refractivity contribution in [3.8, 4) is 0 Å². The number of carbonyl (C=O) groups excluding carboxylic acids is 1. The van der Waals surface area contributed by atoms with Crippen LogP contribution in [-0.4, -0.2) is 44.9 Å². The fourth-order valence-corrected chi connectivity index (χ4v) is 4.91. The lowest BCUT2D eigenvalue weighted by molar-refractivity contribution is 0.0934. The molecule has 1 fully saturated rings. The molecule has 6 nitrogen and oxygen atoms in total. The van der Waals surface area contributed by atoms with Crippen LogP contribution < -0.4 is 10.0 Å². The molecule has 0 saturated heterocycles. The molecule has 162 valence electrons. The zero-order chi connectivity index (χ0) is 21.7. The molecule has 1 atom stereocenters. The van der Waals surface area contributed by atoms with Crippen LogP contribution in [-0.2, 0) is 10.0 Å². The Hall–Kier alpha value is -2.22. The van der Waals surface area contributed by atoms with Gasteiger partial charge >= 0.3 is 0 Å². The molecule has 1 aliphatic rings. The summed E-state index contributed by atoms with van der Waals surface area (Å²) in [7, 11) is -3.60. The van der Waals surface area contributed by atoms with Crippen molar-refractivity contribution >= 4 is 15.9 Å². The Bertz CT molecular complexity index is 968. The average molecular weight is 430 g/mol. The SMILES string of the molecule is CCN(CC)C(CNC(=O)c1cc(S(=O)(=O)NC2CC2)ccc1C)c1ccccc1. The molecule has 0 heterocycles. The number of carbonyl (C=O) groups is 1. The van der Waals surface area contributed by atoms with Crippen molar-refractivity contribution in [3.63, 3.8) is 0 Å². The van der Waals surface area contributed by atoms with Gasteiger partial charge in [0.05, 0.1) is 10.9 Å². The van der Waals surface area contributed by atoms with E-state index in [0.29, 0.717) is 12.1 Å².